The van der Waals surface area contributed by atoms with Gasteiger partial charge in [0.25, 0.3) is 0 Å². The zero-order chi connectivity index (χ0) is 5.28. The highest BCUT2D eigenvalue weighted by Gasteiger charge is 2.06. The minimum absolute atomic E-state index is 0.410. The summed E-state index contributed by atoms with van der Waals surface area (Å²) < 4.78 is 0.488. The summed E-state index contributed by atoms with van der Waals surface area (Å²) >= 11 is 5.43. The van der Waals surface area contributed by atoms with Crippen LogP contribution in [0, 0.1) is 0 Å². The van der Waals surface area contributed by atoms with Gasteiger partial charge in [-0.05, 0) is 0 Å². The number of nitrogens with zero attached hydrogens (tertiary/aromatic N) is 1. The molecule has 0 spiro atoms. The molecule has 0 aliphatic heterocycles. The Kier molecular flexibility index (Phi) is 1.52. The summed E-state index contributed by atoms with van der Waals surface area (Å²) in [6, 6.07) is 0. The van der Waals surface area contributed by atoms with Crippen LogP contribution in [0.4, 0.5) is 0 Å². The van der Waals surface area contributed by atoms with E-state index in [9.17, 15) is 0 Å². The monoisotopic (exact) mass is 154 g/mol. The molecule has 0 aromatic carbocycles. The van der Waals surface area contributed by atoms with Crippen LogP contribution in [0.2, 0.25) is 4.47 Å². The van der Waals surface area contributed by atoms with Crippen molar-refractivity contribution in [2.75, 3.05) is 0 Å². The minimum atomic E-state index is -0.410. The van der Waals surface area contributed by atoms with Gasteiger partial charge < -0.3 is 0 Å². The van der Waals surface area contributed by atoms with Crippen molar-refractivity contribution in [3.8, 4) is 0 Å². The predicted octanol–water partition coefficient (Wildman–Crippen LogP) is 2.49. The van der Waals surface area contributed by atoms with Gasteiger partial charge >= 0.3 is 4.47 Å². The Bertz CT molecular complexity index is 145. The van der Waals surface area contributed by atoms with Gasteiger partial charge in [0, 0.05) is 11.6 Å². The van der Waals surface area contributed by atoms with Gasteiger partial charge in [-0.15, -0.1) is 0 Å². The molecule has 0 radical (unpaired) electrons. The molecular formula is C3H2Cl2NS+. The third kappa shape index (κ3) is 1.06. The number of thiazole rings is 1. The maximum absolute atomic E-state index is 5.54. The summed E-state index contributed by atoms with van der Waals surface area (Å²) in [5, 5.41) is 1.75. The molecule has 0 aliphatic carbocycles. The standard InChI is InChI=1S/C3H2Cl2NS/c4-3-6-1-2-7(3)5/h1-2H/q+1. The van der Waals surface area contributed by atoms with Gasteiger partial charge in [-0.3, -0.25) is 0 Å². The van der Waals surface area contributed by atoms with Crippen LogP contribution in [-0.4, -0.2) is 4.98 Å². The number of rotatable bonds is 0. The highest BCUT2D eigenvalue weighted by molar-refractivity contribution is 7.62. The molecule has 0 aliphatic rings. The molecule has 1 aromatic heterocycles. The van der Waals surface area contributed by atoms with Crippen LogP contribution in [0.1, 0.15) is 0 Å². The van der Waals surface area contributed by atoms with Crippen LogP contribution in [0.3, 0.4) is 0 Å². The van der Waals surface area contributed by atoms with Crippen LogP contribution < -0.4 is 0 Å². The number of hydrogen-bond acceptors (Lipinski definition) is 1. The van der Waals surface area contributed by atoms with Crippen molar-refractivity contribution in [3.05, 3.63) is 16.0 Å². The van der Waals surface area contributed by atoms with Gasteiger partial charge in [0.15, 0.2) is 5.38 Å². The van der Waals surface area contributed by atoms with E-state index in [1.54, 1.807) is 11.6 Å². The molecule has 0 saturated heterocycles. The normalized spacial score (nSPS) is 12.0. The molecular weight excluding hydrogens is 153 g/mol. The van der Waals surface area contributed by atoms with E-state index < -0.39 is 9.68 Å². The van der Waals surface area contributed by atoms with Crippen molar-refractivity contribution in [2.24, 2.45) is 0 Å². The van der Waals surface area contributed by atoms with Gasteiger partial charge in [-0.2, -0.15) is 4.98 Å². The second-order valence-corrected chi connectivity index (χ2v) is 3.76. The maximum Gasteiger partial charge on any atom is 0.357 e. The Morgan fingerprint density at radius 3 is 2.57 bits per heavy atom. The van der Waals surface area contributed by atoms with E-state index in [0.717, 1.165) is 0 Å². The van der Waals surface area contributed by atoms with E-state index in [2.05, 4.69) is 4.98 Å². The van der Waals surface area contributed by atoms with E-state index in [4.69, 9.17) is 22.3 Å². The highest BCUT2D eigenvalue weighted by Crippen LogP contribution is 2.29. The van der Waals surface area contributed by atoms with E-state index >= 15 is 0 Å². The topological polar surface area (TPSA) is 12.9 Å². The molecule has 0 N–H and O–H groups in total. The Morgan fingerprint density at radius 1 is 1.71 bits per heavy atom. The first-order valence-electron chi connectivity index (χ1n) is 1.60. The lowest BCUT2D eigenvalue weighted by atomic mass is 11.0. The van der Waals surface area contributed by atoms with Crippen molar-refractivity contribution >= 4 is 32.0 Å². The first-order chi connectivity index (χ1) is 3.30. The Hall–Kier alpha value is 0.210. The Balaban J connectivity index is 3.12. The van der Waals surface area contributed by atoms with Gasteiger partial charge in [-0.25, -0.2) is 0 Å². The molecule has 1 nitrogen and oxygen atoms in total. The second-order valence-electron chi connectivity index (χ2n) is 0.951. The highest BCUT2D eigenvalue weighted by atomic mass is 35.7. The molecule has 0 fully saturated rings. The molecule has 4 heteroatoms. The fraction of sp³-hybridized carbons (Fsp3) is 0. The summed E-state index contributed by atoms with van der Waals surface area (Å²) in [7, 11) is 5.13. The average Bonchev–Trinajstić information content (AvgIpc) is 1.91. The molecule has 0 saturated carbocycles. The van der Waals surface area contributed by atoms with Crippen LogP contribution in [0.15, 0.2) is 11.6 Å². The molecule has 7 heavy (non-hydrogen) atoms. The Labute approximate surface area is 53.4 Å². The third-order valence-corrected chi connectivity index (χ3v) is 2.89. The SMILES string of the molecule is Clc1ncc[s+]1Cl. The smallest absolute Gasteiger partial charge is 0.189 e. The first-order valence-corrected chi connectivity index (χ1v) is 4.09. The summed E-state index contributed by atoms with van der Waals surface area (Å²) in [5.74, 6) is 0. The molecule has 0 amide bonds. The lowest BCUT2D eigenvalue weighted by Crippen LogP contribution is -1.49. The van der Waals surface area contributed by atoms with Crippen LogP contribution in [0.5, 0.6) is 0 Å². The van der Waals surface area contributed by atoms with Crippen LogP contribution >= 0.6 is 32.0 Å². The van der Waals surface area contributed by atoms with Crippen molar-refractivity contribution < 1.29 is 0 Å². The molecule has 1 unspecified atom stereocenters. The number of aromatic nitrogens is 1. The van der Waals surface area contributed by atoms with Crippen molar-refractivity contribution in [1.29, 1.82) is 0 Å². The van der Waals surface area contributed by atoms with Crippen molar-refractivity contribution in [3.63, 3.8) is 0 Å². The first kappa shape index (κ1) is 5.35. The van der Waals surface area contributed by atoms with Crippen molar-refractivity contribution in [1.82, 2.24) is 4.98 Å². The number of hydrogen-bond donors (Lipinski definition) is 0. The Morgan fingerprint density at radius 2 is 2.43 bits per heavy atom. The summed E-state index contributed by atoms with van der Waals surface area (Å²) in [6.07, 6.45) is 1.61. The largest absolute Gasteiger partial charge is 0.357 e. The quantitative estimate of drug-likeness (QED) is 0.524. The molecule has 1 aromatic rings. The van der Waals surface area contributed by atoms with Gasteiger partial charge in [0.1, 0.15) is 9.68 Å². The van der Waals surface area contributed by atoms with Crippen LogP contribution in [-0.2, 0) is 0 Å². The van der Waals surface area contributed by atoms with Gasteiger partial charge in [0.05, 0.1) is 6.20 Å². The molecule has 0 bridgehead atoms. The molecule has 1 heterocycles. The van der Waals surface area contributed by atoms with Crippen molar-refractivity contribution in [2.45, 2.75) is 0 Å². The fourth-order valence-electron chi connectivity index (χ4n) is 0.249. The zero-order valence-electron chi connectivity index (χ0n) is 3.27. The molecule has 1 atom stereocenters. The summed E-state index contributed by atoms with van der Waals surface area (Å²) in [5.41, 5.74) is 0. The predicted molar refractivity (Wildman–Crippen MR) is 33.0 cm³/mol. The molecule has 38 valence electrons. The van der Waals surface area contributed by atoms with E-state index in [-0.39, 0.29) is 0 Å². The second kappa shape index (κ2) is 1.99. The summed E-state index contributed by atoms with van der Waals surface area (Å²) in [4.78, 5) is 3.70. The van der Waals surface area contributed by atoms with E-state index in [1.165, 1.54) is 0 Å². The lowest BCUT2D eigenvalue weighted by molar-refractivity contribution is 1.43. The minimum Gasteiger partial charge on any atom is -0.189 e. The lowest BCUT2D eigenvalue weighted by Gasteiger charge is -1.59. The van der Waals surface area contributed by atoms with E-state index in [0.29, 0.717) is 4.47 Å². The van der Waals surface area contributed by atoms with Gasteiger partial charge in [-0.1, -0.05) is 0 Å². The maximum atomic E-state index is 5.54. The number of halogens is 2. The van der Waals surface area contributed by atoms with E-state index in [1.807, 2.05) is 0 Å². The molecule has 1 rings (SSSR count). The zero-order valence-corrected chi connectivity index (χ0v) is 5.59. The van der Waals surface area contributed by atoms with Gasteiger partial charge in [0.2, 0.25) is 10.7 Å². The summed E-state index contributed by atoms with van der Waals surface area (Å²) in [6.45, 7) is 0. The third-order valence-electron chi connectivity index (χ3n) is 0.517. The fourth-order valence-corrected chi connectivity index (χ4v) is 1.16. The van der Waals surface area contributed by atoms with Crippen LogP contribution in [0.25, 0.3) is 0 Å². The average molecular weight is 155 g/mol.